The molecule has 1 aromatic carbocycles. The first-order valence-electron chi connectivity index (χ1n) is 4.89. The van der Waals surface area contributed by atoms with Crippen LogP contribution in [0.15, 0.2) is 27.6 Å². The summed E-state index contributed by atoms with van der Waals surface area (Å²) >= 11 is 3.21. The number of sulfone groups is 1. The van der Waals surface area contributed by atoms with Gasteiger partial charge in [-0.05, 0) is 23.4 Å². The van der Waals surface area contributed by atoms with Crippen molar-refractivity contribution in [3.8, 4) is 0 Å². The van der Waals surface area contributed by atoms with Gasteiger partial charge in [0, 0.05) is 4.47 Å². The van der Waals surface area contributed by atoms with Gasteiger partial charge in [0.15, 0.2) is 15.7 Å². The van der Waals surface area contributed by atoms with E-state index in [-0.39, 0.29) is 22.2 Å². The summed E-state index contributed by atoms with van der Waals surface area (Å²) in [6, 6.07) is 4.66. The SMILES string of the molecule is Cn1nnc(CS(=O)(=O)c2cc(Br)ccc2N)n1. The van der Waals surface area contributed by atoms with Crippen molar-refractivity contribution < 1.29 is 8.42 Å². The van der Waals surface area contributed by atoms with Gasteiger partial charge in [-0.1, -0.05) is 15.9 Å². The summed E-state index contributed by atoms with van der Waals surface area (Å²) in [6.45, 7) is 0. The second kappa shape index (κ2) is 4.65. The predicted octanol–water partition coefficient (Wildman–Crippen LogP) is 0.529. The fourth-order valence-electron chi connectivity index (χ4n) is 1.41. The van der Waals surface area contributed by atoms with Gasteiger partial charge in [-0.15, -0.1) is 10.2 Å². The molecule has 0 fully saturated rings. The Hall–Kier alpha value is -1.48. The normalized spacial score (nSPS) is 11.7. The molecule has 0 atom stereocenters. The van der Waals surface area contributed by atoms with Gasteiger partial charge >= 0.3 is 0 Å². The van der Waals surface area contributed by atoms with Crippen LogP contribution in [0, 0.1) is 0 Å². The Morgan fingerprint density at radius 1 is 1.44 bits per heavy atom. The number of aryl methyl sites for hydroxylation is 1. The average Bonchev–Trinajstić information content (AvgIpc) is 2.66. The molecule has 0 bridgehead atoms. The van der Waals surface area contributed by atoms with Crippen LogP contribution in [-0.2, 0) is 22.6 Å². The van der Waals surface area contributed by atoms with Crippen LogP contribution >= 0.6 is 15.9 Å². The third-order valence-electron chi connectivity index (χ3n) is 2.18. The minimum atomic E-state index is -3.59. The Morgan fingerprint density at radius 2 is 2.17 bits per heavy atom. The zero-order valence-electron chi connectivity index (χ0n) is 9.41. The van der Waals surface area contributed by atoms with Crippen molar-refractivity contribution in [1.82, 2.24) is 20.2 Å². The van der Waals surface area contributed by atoms with Gasteiger partial charge < -0.3 is 5.73 Å². The third-order valence-corrected chi connectivity index (χ3v) is 4.33. The maximum Gasteiger partial charge on any atom is 0.190 e. The Balaban J connectivity index is 2.39. The Kier molecular flexibility index (Phi) is 3.35. The topological polar surface area (TPSA) is 104 Å². The molecule has 2 rings (SSSR count). The lowest BCUT2D eigenvalue weighted by Crippen LogP contribution is -2.09. The fourth-order valence-corrected chi connectivity index (χ4v) is 3.26. The highest BCUT2D eigenvalue weighted by molar-refractivity contribution is 9.10. The third kappa shape index (κ3) is 2.67. The standard InChI is InChI=1S/C9H10BrN5O2S/c1-15-13-9(12-14-15)5-18(16,17)8-4-6(10)2-3-7(8)11/h2-4H,5,11H2,1H3. The molecule has 2 aromatic rings. The van der Waals surface area contributed by atoms with Crippen molar-refractivity contribution in [2.75, 3.05) is 5.73 Å². The molecule has 9 heteroatoms. The van der Waals surface area contributed by atoms with E-state index >= 15 is 0 Å². The zero-order chi connectivity index (χ0) is 13.3. The molecular formula is C9H10BrN5O2S. The molecule has 0 aliphatic carbocycles. The molecule has 0 saturated carbocycles. The molecule has 0 spiro atoms. The van der Waals surface area contributed by atoms with E-state index in [1.54, 1.807) is 13.1 Å². The van der Waals surface area contributed by atoms with Gasteiger partial charge in [0.05, 0.1) is 17.6 Å². The molecule has 0 saturated heterocycles. The molecule has 0 aliphatic rings. The maximum absolute atomic E-state index is 12.2. The first-order chi connectivity index (χ1) is 8.38. The van der Waals surface area contributed by atoms with Gasteiger partial charge in [-0.2, -0.15) is 4.80 Å². The second-order valence-electron chi connectivity index (χ2n) is 3.64. The number of hydrogen-bond donors (Lipinski definition) is 1. The van der Waals surface area contributed by atoms with Gasteiger partial charge in [0.25, 0.3) is 0 Å². The molecule has 0 aliphatic heterocycles. The van der Waals surface area contributed by atoms with Gasteiger partial charge in [-0.3, -0.25) is 0 Å². The van der Waals surface area contributed by atoms with E-state index in [0.717, 1.165) is 0 Å². The van der Waals surface area contributed by atoms with E-state index in [9.17, 15) is 8.42 Å². The van der Waals surface area contributed by atoms with Crippen molar-refractivity contribution in [3.05, 3.63) is 28.5 Å². The van der Waals surface area contributed by atoms with Crippen molar-refractivity contribution in [2.45, 2.75) is 10.6 Å². The minimum Gasteiger partial charge on any atom is -0.398 e. The fraction of sp³-hybridized carbons (Fsp3) is 0.222. The highest BCUT2D eigenvalue weighted by Gasteiger charge is 2.21. The number of hydrogen-bond acceptors (Lipinski definition) is 6. The van der Waals surface area contributed by atoms with Crippen LogP contribution in [0.5, 0.6) is 0 Å². The van der Waals surface area contributed by atoms with E-state index in [2.05, 4.69) is 31.3 Å². The molecule has 1 heterocycles. The predicted molar refractivity (Wildman–Crippen MR) is 68.2 cm³/mol. The summed E-state index contributed by atoms with van der Waals surface area (Å²) in [5.41, 5.74) is 5.87. The minimum absolute atomic E-state index is 0.0596. The summed E-state index contributed by atoms with van der Waals surface area (Å²) < 4.78 is 25.0. The summed E-state index contributed by atoms with van der Waals surface area (Å²) in [7, 11) is -2.02. The first-order valence-corrected chi connectivity index (χ1v) is 7.34. The largest absolute Gasteiger partial charge is 0.398 e. The van der Waals surface area contributed by atoms with Crippen LogP contribution in [0.2, 0.25) is 0 Å². The molecule has 96 valence electrons. The quantitative estimate of drug-likeness (QED) is 0.822. The van der Waals surface area contributed by atoms with Crippen molar-refractivity contribution >= 4 is 31.5 Å². The molecule has 18 heavy (non-hydrogen) atoms. The number of nitrogens with two attached hydrogens (primary N) is 1. The number of nitrogen functional groups attached to an aromatic ring is 1. The van der Waals surface area contributed by atoms with Crippen LogP contribution in [0.3, 0.4) is 0 Å². The smallest absolute Gasteiger partial charge is 0.190 e. The van der Waals surface area contributed by atoms with Gasteiger partial charge in [0.2, 0.25) is 0 Å². The van der Waals surface area contributed by atoms with E-state index < -0.39 is 9.84 Å². The Bertz CT molecular complexity index is 682. The lowest BCUT2D eigenvalue weighted by atomic mass is 10.3. The summed E-state index contributed by atoms with van der Waals surface area (Å²) in [5, 5.41) is 11.1. The van der Waals surface area contributed by atoms with Crippen LogP contribution in [0.25, 0.3) is 0 Å². The van der Waals surface area contributed by atoms with Crippen molar-refractivity contribution in [2.24, 2.45) is 7.05 Å². The van der Waals surface area contributed by atoms with E-state index in [0.29, 0.717) is 4.47 Å². The number of halogens is 1. The van der Waals surface area contributed by atoms with E-state index in [4.69, 9.17) is 5.73 Å². The average molecular weight is 332 g/mol. The number of rotatable bonds is 3. The van der Waals surface area contributed by atoms with Gasteiger partial charge in [-0.25, -0.2) is 8.42 Å². The molecule has 1 aromatic heterocycles. The lowest BCUT2D eigenvalue weighted by molar-refractivity contribution is 0.593. The van der Waals surface area contributed by atoms with Crippen molar-refractivity contribution in [3.63, 3.8) is 0 Å². The van der Waals surface area contributed by atoms with Crippen LogP contribution in [0.1, 0.15) is 5.82 Å². The number of aromatic nitrogens is 4. The zero-order valence-corrected chi connectivity index (χ0v) is 11.8. The maximum atomic E-state index is 12.2. The Labute approximate surface area is 112 Å². The first kappa shape index (κ1) is 13.0. The van der Waals surface area contributed by atoms with E-state index in [1.807, 2.05) is 0 Å². The monoisotopic (exact) mass is 331 g/mol. The summed E-state index contributed by atoms with van der Waals surface area (Å²) in [6.07, 6.45) is 0. The van der Waals surface area contributed by atoms with Crippen molar-refractivity contribution in [1.29, 1.82) is 0 Å². The summed E-state index contributed by atoms with van der Waals surface area (Å²) in [4.78, 5) is 1.26. The highest BCUT2D eigenvalue weighted by atomic mass is 79.9. The number of tetrazole rings is 1. The molecule has 7 nitrogen and oxygen atoms in total. The molecule has 0 unspecified atom stereocenters. The van der Waals surface area contributed by atoms with Gasteiger partial charge in [0.1, 0.15) is 5.75 Å². The second-order valence-corrected chi connectivity index (χ2v) is 6.51. The summed E-state index contributed by atoms with van der Waals surface area (Å²) in [5.74, 6) is -0.196. The molecule has 0 amide bonds. The molecule has 2 N–H and O–H groups in total. The highest BCUT2D eigenvalue weighted by Crippen LogP contribution is 2.25. The van der Waals surface area contributed by atoms with E-state index in [1.165, 1.54) is 16.9 Å². The number of benzene rings is 1. The van der Waals surface area contributed by atoms with Crippen LogP contribution < -0.4 is 5.73 Å². The molecular weight excluding hydrogens is 322 g/mol. The van der Waals surface area contributed by atoms with Crippen LogP contribution in [-0.4, -0.2) is 28.6 Å². The number of anilines is 1. The Morgan fingerprint density at radius 3 is 2.78 bits per heavy atom. The number of nitrogens with zero attached hydrogens (tertiary/aromatic N) is 4. The molecule has 0 radical (unpaired) electrons. The van der Waals surface area contributed by atoms with Crippen LogP contribution in [0.4, 0.5) is 5.69 Å². The lowest BCUT2D eigenvalue weighted by Gasteiger charge is -2.06.